The second kappa shape index (κ2) is 5.90. The van der Waals surface area contributed by atoms with E-state index in [0.29, 0.717) is 0 Å². The van der Waals surface area contributed by atoms with Crippen LogP contribution in [-0.2, 0) is 12.8 Å². The van der Waals surface area contributed by atoms with Crippen LogP contribution in [0.4, 0.5) is 5.69 Å². The average molecular weight is 299 g/mol. The number of benzene rings is 1. The summed E-state index contributed by atoms with van der Waals surface area (Å²) in [7, 11) is 0. The number of nitrogens with zero attached hydrogens (tertiary/aromatic N) is 2. The summed E-state index contributed by atoms with van der Waals surface area (Å²) in [4.78, 5) is 6.44. The SMILES string of the molecule is C=CN1CCc2c(Cl)c(-c3cccnc3)cc(CCC)c21. The Morgan fingerprint density at radius 3 is 3.00 bits per heavy atom. The van der Waals surface area contributed by atoms with Crippen LogP contribution in [0.15, 0.2) is 43.4 Å². The quantitative estimate of drug-likeness (QED) is 0.801. The van der Waals surface area contributed by atoms with Crippen molar-refractivity contribution in [1.82, 2.24) is 4.98 Å². The Kier molecular flexibility index (Phi) is 3.98. The van der Waals surface area contributed by atoms with E-state index in [9.17, 15) is 0 Å². The van der Waals surface area contributed by atoms with Gasteiger partial charge in [0.2, 0.25) is 0 Å². The first-order valence-corrected chi connectivity index (χ1v) is 7.78. The van der Waals surface area contributed by atoms with Gasteiger partial charge in [-0.15, -0.1) is 0 Å². The summed E-state index contributed by atoms with van der Waals surface area (Å²) in [6, 6.07) is 6.24. The maximum Gasteiger partial charge on any atom is 0.0538 e. The molecule has 0 spiro atoms. The van der Waals surface area contributed by atoms with Crippen molar-refractivity contribution in [2.24, 2.45) is 0 Å². The molecule has 3 rings (SSSR count). The van der Waals surface area contributed by atoms with Gasteiger partial charge in [0, 0.05) is 35.8 Å². The van der Waals surface area contributed by atoms with Gasteiger partial charge in [0.1, 0.15) is 0 Å². The number of hydrogen-bond acceptors (Lipinski definition) is 2. The highest BCUT2D eigenvalue weighted by Crippen LogP contribution is 2.43. The summed E-state index contributed by atoms with van der Waals surface area (Å²) >= 11 is 6.69. The van der Waals surface area contributed by atoms with Gasteiger partial charge in [-0.2, -0.15) is 0 Å². The third-order valence-corrected chi connectivity index (χ3v) is 4.44. The summed E-state index contributed by atoms with van der Waals surface area (Å²) in [6.07, 6.45) is 8.72. The van der Waals surface area contributed by atoms with Gasteiger partial charge in [-0.25, -0.2) is 0 Å². The molecule has 0 unspecified atom stereocenters. The molecule has 0 saturated heterocycles. The van der Waals surface area contributed by atoms with E-state index in [2.05, 4.69) is 35.5 Å². The van der Waals surface area contributed by atoms with Crippen molar-refractivity contribution < 1.29 is 0 Å². The third kappa shape index (κ3) is 2.44. The first-order chi connectivity index (χ1) is 10.3. The standard InChI is InChI=1S/C18H19ClN2/c1-3-6-13-11-16(14-7-5-9-20-12-14)17(19)15-8-10-21(4-2)18(13)15/h4-5,7,9,11-12H,2-3,6,8,10H2,1H3. The zero-order chi connectivity index (χ0) is 14.8. The van der Waals surface area contributed by atoms with E-state index in [-0.39, 0.29) is 0 Å². The van der Waals surface area contributed by atoms with E-state index in [0.717, 1.165) is 42.0 Å². The predicted octanol–water partition coefficient (Wildman–Crippen LogP) is 4.86. The van der Waals surface area contributed by atoms with Gasteiger partial charge in [0.25, 0.3) is 0 Å². The lowest BCUT2D eigenvalue weighted by Crippen LogP contribution is -2.12. The number of pyridine rings is 1. The maximum atomic E-state index is 6.69. The highest BCUT2D eigenvalue weighted by atomic mass is 35.5. The Balaban J connectivity index is 2.21. The molecule has 2 heterocycles. The van der Waals surface area contributed by atoms with Crippen molar-refractivity contribution in [2.45, 2.75) is 26.2 Å². The Hall–Kier alpha value is -1.80. The normalized spacial score (nSPS) is 13.3. The zero-order valence-corrected chi connectivity index (χ0v) is 13.0. The van der Waals surface area contributed by atoms with Crippen LogP contribution >= 0.6 is 11.6 Å². The molecule has 0 radical (unpaired) electrons. The van der Waals surface area contributed by atoms with Crippen LogP contribution in [-0.4, -0.2) is 11.5 Å². The smallest absolute Gasteiger partial charge is 0.0538 e. The lowest BCUT2D eigenvalue weighted by atomic mass is 9.96. The molecule has 0 aliphatic carbocycles. The molecule has 21 heavy (non-hydrogen) atoms. The van der Waals surface area contributed by atoms with Gasteiger partial charge in [0.15, 0.2) is 0 Å². The fourth-order valence-corrected chi connectivity index (χ4v) is 3.42. The van der Waals surface area contributed by atoms with E-state index in [4.69, 9.17) is 11.6 Å². The van der Waals surface area contributed by atoms with Crippen LogP contribution in [0.3, 0.4) is 0 Å². The number of hydrogen-bond donors (Lipinski definition) is 0. The molecular formula is C18H19ClN2. The molecule has 0 bridgehead atoms. The summed E-state index contributed by atoms with van der Waals surface area (Å²) in [5, 5.41) is 0.863. The fourth-order valence-electron chi connectivity index (χ4n) is 3.07. The van der Waals surface area contributed by atoms with Crippen molar-refractivity contribution in [3.63, 3.8) is 0 Å². The lowest BCUT2D eigenvalue weighted by Gasteiger charge is -2.20. The molecule has 108 valence electrons. The first kappa shape index (κ1) is 14.2. The fraction of sp³-hybridized carbons (Fsp3) is 0.278. The van der Waals surface area contributed by atoms with Crippen LogP contribution in [0.2, 0.25) is 5.02 Å². The molecule has 1 aliphatic rings. The van der Waals surface area contributed by atoms with Crippen LogP contribution in [0.1, 0.15) is 24.5 Å². The predicted molar refractivity (Wildman–Crippen MR) is 89.9 cm³/mol. The number of halogens is 1. The number of rotatable bonds is 4. The highest BCUT2D eigenvalue weighted by molar-refractivity contribution is 6.34. The van der Waals surface area contributed by atoms with E-state index in [1.165, 1.54) is 16.8 Å². The van der Waals surface area contributed by atoms with Crippen LogP contribution in [0, 0.1) is 0 Å². The van der Waals surface area contributed by atoms with Gasteiger partial charge in [0.05, 0.1) is 5.02 Å². The molecular weight excluding hydrogens is 280 g/mol. The Bertz CT molecular complexity index is 665. The highest BCUT2D eigenvalue weighted by Gasteiger charge is 2.25. The minimum Gasteiger partial charge on any atom is -0.348 e. The van der Waals surface area contributed by atoms with Gasteiger partial charge < -0.3 is 4.90 Å². The topological polar surface area (TPSA) is 16.1 Å². The molecule has 0 atom stereocenters. The van der Waals surface area contributed by atoms with Gasteiger partial charge in [-0.1, -0.05) is 37.6 Å². The van der Waals surface area contributed by atoms with Crippen molar-refractivity contribution in [1.29, 1.82) is 0 Å². The van der Waals surface area contributed by atoms with E-state index in [1.54, 1.807) is 6.20 Å². The second-order valence-corrected chi connectivity index (χ2v) is 5.72. The van der Waals surface area contributed by atoms with E-state index >= 15 is 0 Å². The third-order valence-electron chi connectivity index (χ3n) is 4.01. The molecule has 0 saturated carbocycles. The van der Waals surface area contributed by atoms with Crippen molar-refractivity contribution in [2.75, 3.05) is 11.4 Å². The summed E-state index contributed by atoms with van der Waals surface area (Å²) in [5.41, 5.74) is 6.05. The minimum atomic E-state index is 0.863. The average Bonchev–Trinajstić information content (AvgIpc) is 2.96. The molecule has 1 aromatic heterocycles. The number of aryl methyl sites for hydroxylation is 1. The summed E-state index contributed by atoms with van der Waals surface area (Å²) in [6.45, 7) is 7.10. The van der Waals surface area contributed by atoms with Gasteiger partial charge >= 0.3 is 0 Å². The van der Waals surface area contributed by atoms with Crippen LogP contribution < -0.4 is 4.90 Å². The van der Waals surface area contributed by atoms with E-state index < -0.39 is 0 Å². The van der Waals surface area contributed by atoms with E-state index in [1.807, 2.05) is 18.5 Å². The molecule has 0 N–H and O–H groups in total. The van der Waals surface area contributed by atoms with Crippen LogP contribution in [0.5, 0.6) is 0 Å². The maximum absolute atomic E-state index is 6.69. The van der Waals surface area contributed by atoms with Crippen molar-refractivity contribution >= 4 is 17.3 Å². The molecule has 2 nitrogen and oxygen atoms in total. The summed E-state index contributed by atoms with van der Waals surface area (Å²) in [5.74, 6) is 0. The Morgan fingerprint density at radius 1 is 1.48 bits per heavy atom. The lowest BCUT2D eigenvalue weighted by molar-refractivity contribution is 0.914. The molecule has 1 aliphatic heterocycles. The molecule has 0 amide bonds. The minimum absolute atomic E-state index is 0.863. The first-order valence-electron chi connectivity index (χ1n) is 7.40. The van der Waals surface area contributed by atoms with Crippen molar-refractivity contribution in [3.05, 3.63) is 59.5 Å². The number of anilines is 1. The number of aromatic nitrogens is 1. The monoisotopic (exact) mass is 298 g/mol. The Morgan fingerprint density at radius 2 is 2.33 bits per heavy atom. The second-order valence-electron chi connectivity index (χ2n) is 5.34. The van der Waals surface area contributed by atoms with Gasteiger partial charge in [-0.05, 0) is 42.3 Å². The zero-order valence-electron chi connectivity index (χ0n) is 12.3. The molecule has 2 aromatic rings. The molecule has 1 aromatic carbocycles. The molecule has 3 heteroatoms. The Labute approximate surface area is 131 Å². The largest absolute Gasteiger partial charge is 0.348 e. The van der Waals surface area contributed by atoms with Gasteiger partial charge in [-0.3, -0.25) is 4.98 Å². The molecule has 0 fully saturated rings. The van der Waals surface area contributed by atoms with Crippen molar-refractivity contribution in [3.8, 4) is 11.1 Å². The number of fused-ring (bicyclic) bond motifs is 1. The van der Waals surface area contributed by atoms with Crippen LogP contribution in [0.25, 0.3) is 11.1 Å². The summed E-state index contributed by atoms with van der Waals surface area (Å²) < 4.78 is 0.